The Hall–Kier alpha value is -3.75. The molecule has 1 atom stereocenters. The van der Waals surface area contributed by atoms with Gasteiger partial charge in [0.05, 0.1) is 27.0 Å². The number of benzene rings is 2. The molecule has 2 aromatic rings. The monoisotopic (exact) mass is 453 g/mol. The van der Waals surface area contributed by atoms with Crippen molar-refractivity contribution < 1.29 is 28.6 Å². The number of urea groups is 1. The van der Waals surface area contributed by atoms with Gasteiger partial charge in [-0.15, -0.1) is 0 Å². The summed E-state index contributed by atoms with van der Waals surface area (Å²) in [5, 5.41) is 2.69. The Morgan fingerprint density at radius 2 is 1.67 bits per heavy atom. The smallest absolute Gasteiger partial charge is 0.329 e. The maximum absolute atomic E-state index is 12.9. The third-order valence-electron chi connectivity index (χ3n) is 6.07. The average Bonchev–Trinajstić information content (AvgIpc) is 3.13. The standard InChI is InChI=1S/C24H27N3O6/c1-31-18-6-4-17(5-7-18)27-23(29)19(25-24(27)30)8-9-22(28)26-11-10-15-12-20(32-2)21(33-3)13-16(15)14-26/h4-7,12-13,19H,8-11,14H2,1-3H3,(H,25,30)/t19-/m1/s1. The molecule has 0 aliphatic carbocycles. The van der Waals surface area contributed by atoms with Crippen molar-refractivity contribution in [2.45, 2.75) is 31.8 Å². The molecule has 2 aliphatic rings. The number of fused-ring (bicyclic) bond motifs is 1. The first-order chi connectivity index (χ1) is 15.9. The van der Waals surface area contributed by atoms with Crippen molar-refractivity contribution >= 4 is 23.5 Å². The summed E-state index contributed by atoms with van der Waals surface area (Å²) in [5.41, 5.74) is 2.61. The summed E-state index contributed by atoms with van der Waals surface area (Å²) in [7, 11) is 4.73. The van der Waals surface area contributed by atoms with E-state index < -0.39 is 12.1 Å². The predicted octanol–water partition coefficient (Wildman–Crippen LogP) is 2.50. The zero-order chi connectivity index (χ0) is 23.5. The van der Waals surface area contributed by atoms with Gasteiger partial charge in [-0.1, -0.05) is 0 Å². The van der Waals surface area contributed by atoms with Crippen LogP contribution in [-0.2, 0) is 22.6 Å². The fraction of sp³-hybridized carbons (Fsp3) is 0.375. The highest BCUT2D eigenvalue weighted by Gasteiger charge is 2.39. The second-order valence-corrected chi connectivity index (χ2v) is 7.95. The van der Waals surface area contributed by atoms with Crippen molar-refractivity contribution in [1.29, 1.82) is 0 Å². The highest BCUT2D eigenvalue weighted by molar-refractivity contribution is 6.21. The number of anilines is 1. The summed E-state index contributed by atoms with van der Waals surface area (Å²) < 4.78 is 15.9. The number of hydrogen-bond donors (Lipinski definition) is 1. The molecule has 2 aromatic carbocycles. The topological polar surface area (TPSA) is 97.4 Å². The lowest BCUT2D eigenvalue weighted by molar-refractivity contribution is -0.132. The highest BCUT2D eigenvalue weighted by Crippen LogP contribution is 2.33. The fourth-order valence-corrected chi connectivity index (χ4v) is 4.22. The van der Waals surface area contributed by atoms with Gasteiger partial charge in [0.25, 0.3) is 5.91 Å². The molecule has 1 saturated heterocycles. The van der Waals surface area contributed by atoms with Crippen molar-refractivity contribution in [3.8, 4) is 17.2 Å². The van der Waals surface area contributed by atoms with E-state index in [2.05, 4.69) is 5.32 Å². The Kier molecular flexibility index (Phi) is 6.39. The van der Waals surface area contributed by atoms with Crippen LogP contribution in [0.5, 0.6) is 17.2 Å². The molecule has 174 valence electrons. The molecule has 0 bridgehead atoms. The molecule has 2 aliphatic heterocycles. The molecule has 0 unspecified atom stereocenters. The summed E-state index contributed by atoms with van der Waals surface area (Å²) in [6.45, 7) is 1.06. The number of rotatable bonds is 7. The lowest BCUT2D eigenvalue weighted by Gasteiger charge is -2.30. The van der Waals surface area contributed by atoms with Gasteiger partial charge in [0.15, 0.2) is 11.5 Å². The van der Waals surface area contributed by atoms with Gasteiger partial charge in [-0.05, 0) is 60.4 Å². The van der Waals surface area contributed by atoms with Crippen LogP contribution in [-0.4, -0.2) is 56.7 Å². The number of amides is 4. The van der Waals surface area contributed by atoms with E-state index >= 15 is 0 Å². The van der Waals surface area contributed by atoms with Crippen molar-refractivity contribution in [2.24, 2.45) is 0 Å². The zero-order valence-electron chi connectivity index (χ0n) is 18.9. The molecule has 9 heteroatoms. The van der Waals surface area contributed by atoms with Gasteiger partial charge < -0.3 is 24.4 Å². The predicted molar refractivity (Wildman–Crippen MR) is 121 cm³/mol. The molecule has 4 amide bonds. The number of carbonyl (C=O) groups excluding carboxylic acids is 3. The maximum atomic E-state index is 12.9. The lowest BCUT2D eigenvalue weighted by Crippen LogP contribution is -2.37. The summed E-state index contributed by atoms with van der Waals surface area (Å²) in [4.78, 5) is 41.0. The van der Waals surface area contributed by atoms with Gasteiger partial charge in [-0.3, -0.25) is 9.59 Å². The number of nitrogens with zero attached hydrogens (tertiary/aromatic N) is 2. The summed E-state index contributed by atoms with van der Waals surface area (Å²) in [5.74, 6) is 1.52. The Bertz CT molecular complexity index is 1070. The van der Waals surface area contributed by atoms with Crippen LogP contribution in [0.2, 0.25) is 0 Å². The van der Waals surface area contributed by atoms with Crippen molar-refractivity contribution in [2.75, 3.05) is 32.8 Å². The van der Waals surface area contributed by atoms with Crippen LogP contribution >= 0.6 is 0 Å². The van der Waals surface area contributed by atoms with Gasteiger partial charge in [0.2, 0.25) is 5.91 Å². The van der Waals surface area contributed by atoms with E-state index in [-0.39, 0.29) is 24.7 Å². The SMILES string of the molecule is COc1ccc(N2C(=O)N[C@H](CCC(=O)N3CCc4cc(OC)c(OC)cc4C3)C2=O)cc1. The van der Waals surface area contributed by atoms with E-state index in [0.29, 0.717) is 42.4 Å². The number of ether oxygens (including phenoxy) is 3. The fourth-order valence-electron chi connectivity index (χ4n) is 4.22. The molecule has 33 heavy (non-hydrogen) atoms. The molecular weight excluding hydrogens is 426 g/mol. The molecule has 1 N–H and O–H groups in total. The molecule has 9 nitrogen and oxygen atoms in total. The molecule has 2 heterocycles. The van der Waals surface area contributed by atoms with Crippen LogP contribution in [0, 0.1) is 0 Å². The maximum Gasteiger partial charge on any atom is 0.329 e. The number of carbonyl (C=O) groups is 3. The first kappa shape index (κ1) is 22.4. The lowest BCUT2D eigenvalue weighted by atomic mass is 9.98. The second-order valence-electron chi connectivity index (χ2n) is 7.95. The summed E-state index contributed by atoms with van der Waals surface area (Å²) >= 11 is 0. The minimum absolute atomic E-state index is 0.0552. The van der Waals surface area contributed by atoms with Crippen LogP contribution in [0.25, 0.3) is 0 Å². The highest BCUT2D eigenvalue weighted by atomic mass is 16.5. The number of hydrogen-bond acceptors (Lipinski definition) is 6. The Labute approximate surface area is 192 Å². The van der Waals surface area contributed by atoms with E-state index in [0.717, 1.165) is 16.0 Å². The second kappa shape index (κ2) is 9.40. The van der Waals surface area contributed by atoms with Gasteiger partial charge in [0.1, 0.15) is 11.8 Å². The normalized spacial score (nSPS) is 17.5. The molecule has 0 saturated carbocycles. The first-order valence-corrected chi connectivity index (χ1v) is 10.7. The largest absolute Gasteiger partial charge is 0.497 e. The molecule has 0 spiro atoms. The van der Waals surface area contributed by atoms with Crippen LogP contribution in [0.1, 0.15) is 24.0 Å². The molecule has 0 radical (unpaired) electrons. The third-order valence-corrected chi connectivity index (χ3v) is 6.07. The summed E-state index contributed by atoms with van der Waals surface area (Å²) in [6, 6.07) is 9.31. The van der Waals surface area contributed by atoms with Crippen LogP contribution in [0.3, 0.4) is 0 Å². The zero-order valence-corrected chi connectivity index (χ0v) is 18.9. The van der Waals surface area contributed by atoms with E-state index in [9.17, 15) is 14.4 Å². The van der Waals surface area contributed by atoms with Crippen molar-refractivity contribution in [3.63, 3.8) is 0 Å². The molecule has 1 fully saturated rings. The first-order valence-electron chi connectivity index (χ1n) is 10.7. The molecule has 4 rings (SSSR count). The Morgan fingerprint density at radius 1 is 1.00 bits per heavy atom. The van der Waals surface area contributed by atoms with Crippen LogP contribution in [0.15, 0.2) is 36.4 Å². The van der Waals surface area contributed by atoms with Crippen molar-refractivity contribution in [1.82, 2.24) is 10.2 Å². The van der Waals surface area contributed by atoms with Crippen molar-refractivity contribution in [3.05, 3.63) is 47.5 Å². The minimum atomic E-state index is -0.731. The Morgan fingerprint density at radius 3 is 2.30 bits per heavy atom. The number of methoxy groups -OCH3 is 3. The molecular formula is C24H27N3O6. The Balaban J connectivity index is 1.37. The minimum Gasteiger partial charge on any atom is -0.497 e. The van der Waals surface area contributed by atoms with Gasteiger partial charge >= 0.3 is 6.03 Å². The molecule has 0 aromatic heterocycles. The number of imide groups is 1. The van der Waals surface area contributed by atoms with E-state index in [1.165, 1.54) is 0 Å². The van der Waals surface area contributed by atoms with Gasteiger partial charge in [-0.2, -0.15) is 0 Å². The quantitative estimate of drug-likeness (QED) is 0.647. The van der Waals surface area contributed by atoms with Gasteiger partial charge in [-0.25, -0.2) is 9.69 Å². The third kappa shape index (κ3) is 4.44. The van der Waals surface area contributed by atoms with E-state index in [1.807, 2.05) is 12.1 Å². The van der Waals surface area contributed by atoms with Crippen LogP contribution < -0.4 is 24.4 Å². The number of nitrogens with one attached hydrogen (secondary N) is 1. The van der Waals surface area contributed by atoms with Crippen LogP contribution in [0.4, 0.5) is 10.5 Å². The summed E-state index contributed by atoms with van der Waals surface area (Å²) in [6.07, 6.45) is 1.12. The van der Waals surface area contributed by atoms with E-state index in [1.54, 1.807) is 50.5 Å². The average molecular weight is 453 g/mol. The van der Waals surface area contributed by atoms with E-state index in [4.69, 9.17) is 14.2 Å². The van der Waals surface area contributed by atoms with Gasteiger partial charge in [0, 0.05) is 19.5 Å².